The number of carbonyl (C=O) groups is 1. The summed E-state index contributed by atoms with van der Waals surface area (Å²) in [6, 6.07) is 9.33. The van der Waals surface area contributed by atoms with E-state index in [1.807, 2.05) is 32.0 Å². The van der Waals surface area contributed by atoms with E-state index in [1.165, 1.54) is 0 Å². The Balaban J connectivity index is 1.83. The average Bonchev–Trinajstić information content (AvgIpc) is 3.07. The molecule has 0 aliphatic rings. The molecule has 26 heavy (non-hydrogen) atoms. The van der Waals surface area contributed by atoms with Gasteiger partial charge in [0.2, 0.25) is 0 Å². The van der Waals surface area contributed by atoms with Crippen molar-refractivity contribution >= 4 is 23.2 Å². The number of hydrazine groups is 1. The molecule has 0 unspecified atom stereocenters. The fourth-order valence-corrected chi connectivity index (χ4v) is 2.24. The highest BCUT2D eigenvalue weighted by atomic mass is 32.1. The van der Waals surface area contributed by atoms with Crippen LogP contribution in [0.4, 0.5) is 0 Å². The lowest BCUT2D eigenvalue weighted by Crippen LogP contribution is -2.47. The van der Waals surface area contributed by atoms with E-state index >= 15 is 0 Å². The van der Waals surface area contributed by atoms with Crippen LogP contribution in [0.5, 0.6) is 5.75 Å². The van der Waals surface area contributed by atoms with Gasteiger partial charge in [0.15, 0.2) is 10.9 Å². The molecular formula is C19H25N3O3S. The van der Waals surface area contributed by atoms with Crippen molar-refractivity contribution in [1.29, 1.82) is 0 Å². The van der Waals surface area contributed by atoms with E-state index in [0.29, 0.717) is 16.8 Å². The Hall–Kier alpha value is -2.54. The molecule has 1 aromatic carbocycles. The zero-order valence-corrected chi connectivity index (χ0v) is 16.3. The van der Waals surface area contributed by atoms with E-state index < -0.39 is 5.91 Å². The Morgan fingerprint density at radius 1 is 1.19 bits per heavy atom. The number of nitrogens with one attached hydrogen (secondary N) is 3. The van der Waals surface area contributed by atoms with E-state index in [4.69, 9.17) is 21.4 Å². The van der Waals surface area contributed by atoms with Gasteiger partial charge in [-0.05, 0) is 61.3 Å². The molecule has 0 aliphatic carbocycles. The van der Waals surface area contributed by atoms with Gasteiger partial charge in [-0.2, -0.15) is 0 Å². The van der Waals surface area contributed by atoms with Crippen molar-refractivity contribution in [2.24, 2.45) is 5.92 Å². The predicted molar refractivity (Wildman–Crippen MR) is 105 cm³/mol. The van der Waals surface area contributed by atoms with Crippen LogP contribution in [0.25, 0.3) is 0 Å². The van der Waals surface area contributed by atoms with Crippen molar-refractivity contribution < 1.29 is 13.9 Å². The largest absolute Gasteiger partial charge is 0.485 e. The smallest absolute Gasteiger partial charge is 0.305 e. The zero-order valence-electron chi connectivity index (χ0n) is 15.5. The molecule has 0 radical (unpaired) electrons. The SMILES string of the molecule is Cc1ccc(C)c(OCc2ccc(C(=O)NNC(=S)NCC(C)C)o2)c1. The minimum atomic E-state index is -0.406. The van der Waals surface area contributed by atoms with Crippen molar-refractivity contribution in [2.75, 3.05) is 6.54 Å². The lowest BCUT2D eigenvalue weighted by Gasteiger charge is -2.12. The van der Waals surface area contributed by atoms with Crippen LogP contribution in [0.1, 0.15) is 41.3 Å². The fraction of sp³-hybridized carbons (Fsp3) is 0.368. The highest BCUT2D eigenvalue weighted by molar-refractivity contribution is 7.80. The van der Waals surface area contributed by atoms with Crippen molar-refractivity contribution in [3.8, 4) is 5.75 Å². The normalized spacial score (nSPS) is 10.5. The Labute approximate surface area is 159 Å². The molecule has 0 saturated carbocycles. The van der Waals surface area contributed by atoms with Crippen LogP contribution in [0.3, 0.4) is 0 Å². The van der Waals surface area contributed by atoms with E-state index in [1.54, 1.807) is 12.1 Å². The van der Waals surface area contributed by atoms with E-state index in [9.17, 15) is 4.79 Å². The van der Waals surface area contributed by atoms with Gasteiger partial charge in [-0.15, -0.1) is 0 Å². The van der Waals surface area contributed by atoms with Crippen LogP contribution >= 0.6 is 12.2 Å². The molecule has 2 rings (SSSR count). The van der Waals surface area contributed by atoms with Gasteiger partial charge in [0, 0.05) is 6.54 Å². The molecule has 0 spiro atoms. The van der Waals surface area contributed by atoms with Gasteiger partial charge < -0.3 is 14.5 Å². The molecule has 7 heteroatoms. The number of hydrogen-bond acceptors (Lipinski definition) is 4. The van der Waals surface area contributed by atoms with Gasteiger partial charge in [0.25, 0.3) is 0 Å². The highest BCUT2D eigenvalue weighted by Gasteiger charge is 2.12. The first-order valence-electron chi connectivity index (χ1n) is 8.48. The Kier molecular flexibility index (Phi) is 7.03. The van der Waals surface area contributed by atoms with Gasteiger partial charge in [0.1, 0.15) is 18.1 Å². The summed E-state index contributed by atoms with van der Waals surface area (Å²) in [6.07, 6.45) is 0. The quantitative estimate of drug-likeness (QED) is 0.532. The first kappa shape index (κ1) is 19.8. The summed E-state index contributed by atoms with van der Waals surface area (Å²) < 4.78 is 11.3. The lowest BCUT2D eigenvalue weighted by atomic mass is 10.1. The summed E-state index contributed by atoms with van der Waals surface area (Å²) in [6.45, 7) is 9.10. The number of hydrogen-bond donors (Lipinski definition) is 3. The number of ether oxygens (including phenoxy) is 1. The van der Waals surface area contributed by atoms with E-state index in [-0.39, 0.29) is 12.4 Å². The molecule has 0 atom stereocenters. The summed E-state index contributed by atoms with van der Waals surface area (Å²) in [4.78, 5) is 12.1. The maximum Gasteiger partial charge on any atom is 0.305 e. The van der Waals surface area contributed by atoms with Crippen molar-refractivity contribution in [1.82, 2.24) is 16.2 Å². The molecule has 0 fully saturated rings. The van der Waals surface area contributed by atoms with Crippen LogP contribution in [-0.2, 0) is 6.61 Å². The monoisotopic (exact) mass is 375 g/mol. The molecule has 1 heterocycles. The van der Waals surface area contributed by atoms with Crippen LogP contribution < -0.4 is 20.9 Å². The number of benzene rings is 1. The average molecular weight is 375 g/mol. The lowest BCUT2D eigenvalue weighted by molar-refractivity contribution is 0.0911. The van der Waals surface area contributed by atoms with E-state index in [2.05, 4.69) is 30.0 Å². The summed E-state index contributed by atoms with van der Waals surface area (Å²) in [7, 11) is 0. The third kappa shape index (κ3) is 6.07. The van der Waals surface area contributed by atoms with Crippen LogP contribution in [0, 0.1) is 19.8 Å². The molecule has 1 aromatic heterocycles. The molecule has 0 aliphatic heterocycles. The Morgan fingerprint density at radius 3 is 2.69 bits per heavy atom. The molecule has 0 bridgehead atoms. The number of rotatable bonds is 6. The van der Waals surface area contributed by atoms with Crippen molar-refractivity contribution in [2.45, 2.75) is 34.3 Å². The topological polar surface area (TPSA) is 75.5 Å². The van der Waals surface area contributed by atoms with Crippen LogP contribution in [0.15, 0.2) is 34.7 Å². The molecule has 3 N–H and O–H groups in total. The number of carbonyl (C=O) groups excluding carboxylic acids is 1. The molecule has 140 valence electrons. The Bertz CT molecular complexity index is 771. The van der Waals surface area contributed by atoms with Gasteiger partial charge >= 0.3 is 5.91 Å². The maximum atomic E-state index is 12.1. The second kappa shape index (κ2) is 9.24. The second-order valence-electron chi connectivity index (χ2n) is 6.51. The van der Waals surface area contributed by atoms with Crippen LogP contribution in [-0.4, -0.2) is 17.6 Å². The summed E-state index contributed by atoms with van der Waals surface area (Å²) >= 11 is 5.08. The molecular weight excluding hydrogens is 350 g/mol. The summed E-state index contributed by atoms with van der Waals surface area (Å²) in [5, 5.41) is 3.36. The molecule has 0 saturated heterocycles. The summed E-state index contributed by atoms with van der Waals surface area (Å²) in [5.74, 6) is 1.60. The van der Waals surface area contributed by atoms with Crippen molar-refractivity contribution in [3.05, 3.63) is 53.0 Å². The summed E-state index contributed by atoms with van der Waals surface area (Å²) in [5.41, 5.74) is 7.32. The number of thiocarbonyl (C=S) groups is 1. The van der Waals surface area contributed by atoms with Crippen molar-refractivity contribution in [3.63, 3.8) is 0 Å². The first-order valence-corrected chi connectivity index (χ1v) is 8.89. The number of amides is 1. The minimum Gasteiger partial charge on any atom is -0.485 e. The maximum absolute atomic E-state index is 12.1. The molecule has 6 nitrogen and oxygen atoms in total. The highest BCUT2D eigenvalue weighted by Crippen LogP contribution is 2.21. The van der Waals surface area contributed by atoms with Gasteiger partial charge in [-0.3, -0.25) is 15.6 Å². The van der Waals surface area contributed by atoms with Crippen LogP contribution in [0.2, 0.25) is 0 Å². The fourth-order valence-electron chi connectivity index (χ4n) is 2.11. The third-order valence-corrected chi connectivity index (χ3v) is 3.81. The van der Waals surface area contributed by atoms with Gasteiger partial charge in [0.05, 0.1) is 0 Å². The second-order valence-corrected chi connectivity index (χ2v) is 6.91. The number of aryl methyl sites for hydroxylation is 2. The Morgan fingerprint density at radius 2 is 1.96 bits per heavy atom. The van der Waals surface area contributed by atoms with Gasteiger partial charge in [-0.1, -0.05) is 26.0 Å². The predicted octanol–water partition coefficient (Wildman–Crippen LogP) is 3.24. The zero-order chi connectivity index (χ0) is 19.1. The molecule has 1 amide bonds. The van der Waals surface area contributed by atoms with Gasteiger partial charge in [-0.25, -0.2) is 0 Å². The number of furan rings is 1. The third-order valence-electron chi connectivity index (χ3n) is 3.56. The standard InChI is InChI=1S/C19H25N3O3S/c1-12(2)10-20-19(26)22-21-18(23)16-8-7-15(25-16)11-24-17-9-13(3)5-6-14(17)4/h5-9,12H,10-11H2,1-4H3,(H,21,23)(H2,20,22,26). The minimum absolute atomic E-state index is 0.184. The molecule has 2 aromatic rings. The first-order chi connectivity index (χ1) is 12.3. The van der Waals surface area contributed by atoms with E-state index in [0.717, 1.165) is 23.4 Å².